The monoisotopic (exact) mass is 334 g/mol. The number of carbonyl (C=O) groups is 3. The van der Waals surface area contributed by atoms with Gasteiger partial charge in [0.15, 0.2) is 0 Å². The number of benzene rings is 2. The number of aromatic nitrogens is 1. The molecule has 7 heteroatoms. The summed E-state index contributed by atoms with van der Waals surface area (Å²) in [6.45, 7) is 0. The van der Waals surface area contributed by atoms with Gasteiger partial charge in [0, 0.05) is 22.8 Å². The summed E-state index contributed by atoms with van der Waals surface area (Å²) in [5, 5.41) is 5.32. The summed E-state index contributed by atoms with van der Waals surface area (Å²) in [7, 11) is 0. The van der Waals surface area contributed by atoms with Crippen molar-refractivity contribution in [1.82, 2.24) is 10.3 Å². The fourth-order valence-corrected chi connectivity index (χ4v) is 2.25. The van der Waals surface area contributed by atoms with Crippen molar-refractivity contribution in [2.75, 3.05) is 11.1 Å². The molecule has 3 amide bonds. The molecule has 0 saturated carbocycles. The minimum Gasteiger partial charge on any atom is -0.399 e. The van der Waals surface area contributed by atoms with Crippen LogP contribution in [-0.2, 0) is 9.59 Å². The number of anilines is 2. The molecule has 124 valence electrons. The third-order valence-electron chi connectivity index (χ3n) is 3.49. The van der Waals surface area contributed by atoms with Crippen LogP contribution in [0.1, 0.15) is 10.4 Å². The van der Waals surface area contributed by atoms with Crippen molar-refractivity contribution in [3.63, 3.8) is 0 Å². The normalized spacial score (nSPS) is 10.2. The van der Waals surface area contributed by atoms with Crippen LogP contribution < -0.4 is 16.4 Å². The maximum atomic E-state index is 12.1. The van der Waals surface area contributed by atoms with E-state index in [1.807, 2.05) is 17.4 Å². The van der Waals surface area contributed by atoms with E-state index >= 15 is 0 Å². The van der Waals surface area contributed by atoms with Crippen LogP contribution in [-0.4, -0.2) is 22.7 Å². The number of rotatable bonds is 2. The van der Waals surface area contributed by atoms with Gasteiger partial charge in [-0.05, 0) is 36.4 Å². The number of amides is 3. The number of hydrogen-bond acceptors (Lipinski definition) is 5. The summed E-state index contributed by atoms with van der Waals surface area (Å²) in [5.74, 6) is -2.70. The van der Waals surface area contributed by atoms with Crippen LogP contribution in [0.5, 0.6) is 0 Å². The topological polar surface area (TPSA) is 114 Å². The molecule has 0 spiro atoms. The highest BCUT2D eigenvalue weighted by molar-refractivity contribution is 6.42. The average molecular weight is 334 g/mol. The molecule has 4 N–H and O–H groups in total. The first kappa shape index (κ1) is 16.1. The van der Waals surface area contributed by atoms with Crippen molar-refractivity contribution in [2.24, 2.45) is 0 Å². The van der Waals surface area contributed by atoms with Crippen LogP contribution in [0.15, 0.2) is 60.8 Å². The quantitative estimate of drug-likeness (QED) is 0.487. The van der Waals surface area contributed by atoms with Gasteiger partial charge in [0.1, 0.15) is 0 Å². The first-order chi connectivity index (χ1) is 12.0. The zero-order chi connectivity index (χ0) is 17.8. The van der Waals surface area contributed by atoms with Crippen molar-refractivity contribution in [3.05, 3.63) is 66.4 Å². The lowest BCUT2D eigenvalue weighted by atomic mass is 10.2. The zero-order valence-corrected chi connectivity index (χ0v) is 13.0. The highest BCUT2D eigenvalue weighted by atomic mass is 16.2. The van der Waals surface area contributed by atoms with Gasteiger partial charge in [-0.1, -0.05) is 18.2 Å². The molecular formula is C18H14N4O3. The van der Waals surface area contributed by atoms with E-state index in [0.29, 0.717) is 16.9 Å². The Morgan fingerprint density at radius 3 is 2.36 bits per heavy atom. The van der Waals surface area contributed by atoms with Crippen molar-refractivity contribution in [1.29, 1.82) is 0 Å². The zero-order valence-electron chi connectivity index (χ0n) is 13.0. The molecule has 2 aromatic carbocycles. The Labute approximate surface area is 142 Å². The van der Waals surface area contributed by atoms with Gasteiger partial charge >= 0.3 is 11.8 Å². The number of hydrogen-bond donors (Lipinski definition) is 3. The number of fused-ring (bicyclic) bond motifs is 1. The van der Waals surface area contributed by atoms with Crippen molar-refractivity contribution in [2.45, 2.75) is 0 Å². The lowest BCUT2D eigenvalue weighted by molar-refractivity contribution is -0.135. The molecule has 0 radical (unpaired) electrons. The van der Waals surface area contributed by atoms with Gasteiger partial charge in [-0.3, -0.25) is 24.7 Å². The molecular weight excluding hydrogens is 320 g/mol. The summed E-state index contributed by atoms with van der Waals surface area (Å²) in [6.07, 6.45) is 1.59. The highest BCUT2D eigenvalue weighted by Gasteiger charge is 2.18. The number of carbonyl (C=O) groups excluding carboxylic acids is 3. The predicted octanol–water partition coefficient (Wildman–Crippen LogP) is 1.71. The molecule has 3 aromatic rings. The van der Waals surface area contributed by atoms with Gasteiger partial charge in [0.25, 0.3) is 5.91 Å². The minimum absolute atomic E-state index is 0.224. The molecule has 3 rings (SSSR count). The van der Waals surface area contributed by atoms with Gasteiger partial charge in [-0.25, -0.2) is 0 Å². The maximum Gasteiger partial charge on any atom is 0.316 e. The highest BCUT2D eigenvalue weighted by Crippen LogP contribution is 2.20. The predicted molar refractivity (Wildman–Crippen MR) is 93.7 cm³/mol. The number of pyridine rings is 1. The van der Waals surface area contributed by atoms with Gasteiger partial charge < -0.3 is 11.1 Å². The van der Waals surface area contributed by atoms with E-state index in [-0.39, 0.29) is 5.56 Å². The summed E-state index contributed by atoms with van der Waals surface area (Å²) in [4.78, 5) is 40.2. The fraction of sp³-hybridized carbons (Fsp3) is 0. The molecule has 25 heavy (non-hydrogen) atoms. The SMILES string of the molecule is Nc1ccc(C(=O)NC(=O)C(=O)Nc2cccc3cccnc23)cc1. The Hall–Kier alpha value is -3.74. The van der Waals surface area contributed by atoms with Gasteiger partial charge in [0.2, 0.25) is 0 Å². The Morgan fingerprint density at radius 2 is 1.60 bits per heavy atom. The van der Waals surface area contributed by atoms with E-state index in [2.05, 4.69) is 10.3 Å². The standard InChI is InChI=1S/C18H14N4O3/c19-13-8-6-12(7-9-13)16(23)22-18(25)17(24)21-14-5-1-3-11-4-2-10-20-15(11)14/h1-10H,19H2,(H,21,24)(H,22,23,25). The summed E-state index contributed by atoms with van der Waals surface area (Å²) >= 11 is 0. The Balaban J connectivity index is 1.71. The van der Waals surface area contributed by atoms with E-state index in [1.54, 1.807) is 24.4 Å². The number of imide groups is 1. The van der Waals surface area contributed by atoms with Crippen LogP contribution in [0.2, 0.25) is 0 Å². The van der Waals surface area contributed by atoms with E-state index in [4.69, 9.17) is 5.73 Å². The van der Waals surface area contributed by atoms with Crippen molar-refractivity contribution < 1.29 is 14.4 Å². The smallest absolute Gasteiger partial charge is 0.316 e. The van der Waals surface area contributed by atoms with Crippen LogP contribution in [0.25, 0.3) is 10.9 Å². The molecule has 0 aliphatic heterocycles. The Bertz CT molecular complexity index is 962. The molecule has 7 nitrogen and oxygen atoms in total. The second kappa shape index (κ2) is 6.79. The molecule has 1 aromatic heterocycles. The lowest BCUT2D eigenvalue weighted by Crippen LogP contribution is -2.39. The number of nitrogens with zero attached hydrogens (tertiary/aromatic N) is 1. The van der Waals surface area contributed by atoms with Crippen LogP contribution >= 0.6 is 0 Å². The second-order valence-electron chi connectivity index (χ2n) is 5.24. The minimum atomic E-state index is -1.06. The third kappa shape index (κ3) is 3.61. The summed E-state index contributed by atoms with van der Waals surface area (Å²) in [5.41, 5.74) is 7.19. The van der Waals surface area contributed by atoms with Crippen LogP contribution in [0, 0.1) is 0 Å². The number of nitrogens with two attached hydrogens (primary N) is 1. The lowest BCUT2D eigenvalue weighted by Gasteiger charge is -2.08. The fourth-order valence-electron chi connectivity index (χ4n) is 2.25. The second-order valence-corrected chi connectivity index (χ2v) is 5.24. The summed E-state index contributed by atoms with van der Waals surface area (Å²) in [6, 6.07) is 14.8. The van der Waals surface area contributed by atoms with Gasteiger partial charge in [0.05, 0.1) is 11.2 Å². The molecule has 0 aliphatic rings. The molecule has 1 heterocycles. The van der Waals surface area contributed by atoms with E-state index in [1.165, 1.54) is 24.3 Å². The van der Waals surface area contributed by atoms with E-state index < -0.39 is 17.7 Å². The van der Waals surface area contributed by atoms with Gasteiger partial charge in [-0.15, -0.1) is 0 Å². The van der Waals surface area contributed by atoms with E-state index in [9.17, 15) is 14.4 Å². The molecule has 0 fully saturated rings. The van der Waals surface area contributed by atoms with E-state index in [0.717, 1.165) is 5.39 Å². The van der Waals surface area contributed by atoms with Crippen LogP contribution in [0.3, 0.4) is 0 Å². The molecule has 0 saturated heterocycles. The van der Waals surface area contributed by atoms with Crippen LogP contribution in [0.4, 0.5) is 11.4 Å². The van der Waals surface area contributed by atoms with Gasteiger partial charge in [-0.2, -0.15) is 0 Å². The molecule has 0 aliphatic carbocycles. The van der Waals surface area contributed by atoms with Crippen molar-refractivity contribution in [3.8, 4) is 0 Å². The molecule has 0 bridgehead atoms. The average Bonchev–Trinajstić information content (AvgIpc) is 2.62. The third-order valence-corrected chi connectivity index (χ3v) is 3.49. The molecule has 0 atom stereocenters. The first-order valence-corrected chi connectivity index (χ1v) is 7.40. The Morgan fingerprint density at radius 1 is 0.880 bits per heavy atom. The summed E-state index contributed by atoms with van der Waals surface area (Å²) < 4.78 is 0. The Kier molecular flexibility index (Phi) is 4.38. The van der Waals surface area contributed by atoms with Crippen molar-refractivity contribution >= 4 is 40.0 Å². The first-order valence-electron chi connectivity index (χ1n) is 7.40. The number of nitrogen functional groups attached to an aromatic ring is 1. The largest absolute Gasteiger partial charge is 0.399 e. The maximum absolute atomic E-state index is 12.1. The number of para-hydroxylation sites is 1. The molecule has 0 unspecified atom stereocenters. The number of nitrogens with one attached hydrogen (secondary N) is 2.